The Bertz CT molecular complexity index is 1040. The summed E-state index contributed by atoms with van der Waals surface area (Å²) >= 11 is 1.72. The van der Waals surface area contributed by atoms with Crippen LogP contribution in [0.25, 0.3) is 32.1 Å². The van der Waals surface area contributed by atoms with E-state index in [1.54, 1.807) is 18.4 Å². The molecule has 4 rings (SSSR count). The van der Waals surface area contributed by atoms with Gasteiger partial charge in [0.1, 0.15) is 5.75 Å². The third-order valence-electron chi connectivity index (χ3n) is 4.78. The smallest absolute Gasteiger partial charge is 0.127 e. The van der Waals surface area contributed by atoms with Crippen LogP contribution in [0, 0.1) is 0 Å². The van der Waals surface area contributed by atoms with Crippen molar-refractivity contribution in [2.24, 2.45) is 0 Å². The van der Waals surface area contributed by atoms with Gasteiger partial charge in [-0.1, -0.05) is 24.3 Å². The number of hydrogen-bond acceptors (Lipinski definition) is 4. The molecule has 1 N–H and O–H groups in total. The molecule has 25 heavy (non-hydrogen) atoms. The van der Waals surface area contributed by atoms with E-state index in [0.29, 0.717) is 6.04 Å². The van der Waals surface area contributed by atoms with Crippen molar-refractivity contribution in [2.45, 2.75) is 13.0 Å². The summed E-state index contributed by atoms with van der Waals surface area (Å²) in [5, 5.41) is 7.79. The van der Waals surface area contributed by atoms with Gasteiger partial charge in [-0.25, -0.2) is 0 Å². The maximum Gasteiger partial charge on any atom is 0.127 e. The molecule has 0 aliphatic heterocycles. The average Bonchev–Trinajstić information content (AvgIpc) is 3.15. The molecular weight excluding hydrogens is 328 g/mol. The van der Waals surface area contributed by atoms with E-state index in [9.17, 15) is 0 Å². The predicted molar refractivity (Wildman–Crippen MR) is 107 cm³/mol. The number of ether oxygens (including phenoxy) is 1. The Labute approximate surface area is 151 Å². The van der Waals surface area contributed by atoms with Crippen molar-refractivity contribution in [1.29, 1.82) is 0 Å². The van der Waals surface area contributed by atoms with Gasteiger partial charge in [-0.2, -0.15) is 0 Å². The number of nitrogens with one attached hydrogen (secondary N) is 1. The number of rotatable bonds is 4. The molecule has 126 valence electrons. The van der Waals surface area contributed by atoms with E-state index in [1.807, 2.05) is 25.4 Å². The Morgan fingerprint density at radius 2 is 1.88 bits per heavy atom. The molecule has 0 saturated heterocycles. The van der Waals surface area contributed by atoms with Crippen molar-refractivity contribution < 1.29 is 4.74 Å². The summed E-state index contributed by atoms with van der Waals surface area (Å²) in [7, 11) is 3.70. The highest BCUT2D eigenvalue weighted by Crippen LogP contribution is 2.41. The van der Waals surface area contributed by atoms with E-state index in [0.717, 1.165) is 27.8 Å². The molecule has 4 heteroatoms. The van der Waals surface area contributed by atoms with Gasteiger partial charge in [-0.15, -0.1) is 11.3 Å². The van der Waals surface area contributed by atoms with Crippen molar-refractivity contribution in [3.63, 3.8) is 0 Å². The molecule has 2 aromatic heterocycles. The molecule has 0 aliphatic rings. The van der Waals surface area contributed by atoms with Gasteiger partial charge < -0.3 is 10.1 Å². The minimum atomic E-state index is 0.328. The number of pyridine rings is 1. The second kappa shape index (κ2) is 6.47. The van der Waals surface area contributed by atoms with Gasteiger partial charge in [-0.3, -0.25) is 4.98 Å². The Hall–Kier alpha value is -2.43. The number of hydrogen-bond donors (Lipinski definition) is 1. The van der Waals surface area contributed by atoms with Crippen molar-refractivity contribution in [3.05, 3.63) is 59.6 Å². The molecule has 4 aromatic rings. The lowest BCUT2D eigenvalue weighted by Gasteiger charge is -2.15. The van der Waals surface area contributed by atoms with Crippen LogP contribution in [0.5, 0.6) is 5.75 Å². The zero-order valence-electron chi connectivity index (χ0n) is 14.5. The summed E-state index contributed by atoms with van der Waals surface area (Å²) in [6.45, 7) is 2.16. The second-order valence-electron chi connectivity index (χ2n) is 6.13. The zero-order chi connectivity index (χ0) is 17.4. The lowest BCUT2D eigenvalue weighted by molar-refractivity contribution is 0.417. The molecule has 0 bridgehead atoms. The first-order chi connectivity index (χ1) is 12.2. The van der Waals surface area contributed by atoms with Gasteiger partial charge in [-0.05, 0) is 48.7 Å². The maximum absolute atomic E-state index is 5.70. The first-order valence-corrected chi connectivity index (χ1v) is 9.21. The van der Waals surface area contributed by atoms with Crippen LogP contribution in [0.2, 0.25) is 0 Å². The third kappa shape index (κ3) is 2.68. The normalized spacial score (nSPS) is 12.6. The highest BCUT2D eigenvalue weighted by atomic mass is 32.1. The molecular formula is C21H20N2OS. The van der Waals surface area contributed by atoms with Gasteiger partial charge in [0, 0.05) is 28.6 Å². The first-order valence-electron chi connectivity index (χ1n) is 8.33. The van der Waals surface area contributed by atoms with E-state index >= 15 is 0 Å². The molecule has 0 unspecified atom stereocenters. The number of fused-ring (bicyclic) bond motifs is 3. The van der Waals surface area contributed by atoms with E-state index in [-0.39, 0.29) is 0 Å². The van der Waals surface area contributed by atoms with Crippen molar-refractivity contribution in [1.82, 2.24) is 10.3 Å². The van der Waals surface area contributed by atoms with Gasteiger partial charge in [0.05, 0.1) is 17.3 Å². The number of methoxy groups -OCH3 is 1. The minimum absolute atomic E-state index is 0.328. The largest absolute Gasteiger partial charge is 0.496 e. The molecule has 0 fully saturated rings. The number of benzene rings is 2. The molecule has 0 spiro atoms. The Morgan fingerprint density at radius 3 is 2.60 bits per heavy atom. The number of nitrogens with zero attached hydrogens (tertiary/aromatic N) is 1. The fraction of sp³-hybridized carbons (Fsp3) is 0.190. The molecule has 2 heterocycles. The fourth-order valence-corrected chi connectivity index (χ4v) is 4.03. The van der Waals surface area contributed by atoms with Gasteiger partial charge >= 0.3 is 0 Å². The third-order valence-corrected chi connectivity index (χ3v) is 5.63. The predicted octanol–water partition coefficient (Wildman–Crippen LogP) is 5.41. The lowest BCUT2D eigenvalue weighted by atomic mass is 9.95. The molecule has 0 saturated carbocycles. The van der Waals surface area contributed by atoms with Crippen molar-refractivity contribution in [2.75, 3.05) is 14.2 Å². The summed E-state index contributed by atoms with van der Waals surface area (Å²) in [5.74, 6) is 0.877. The first kappa shape index (κ1) is 16.1. The van der Waals surface area contributed by atoms with Crippen LogP contribution in [0.15, 0.2) is 54.0 Å². The summed E-state index contributed by atoms with van der Waals surface area (Å²) < 4.78 is 6.89. The Balaban J connectivity index is 2.00. The monoisotopic (exact) mass is 348 g/mol. The van der Waals surface area contributed by atoms with Crippen LogP contribution in [0.3, 0.4) is 0 Å². The van der Waals surface area contributed by atoms with Crippen LogP contribution >= 0.6 is 11.3 Å². The zero-order valence-corrected chi connectivity index (χ0v) is 15.4. The highest BCUT2D eigenvalue weighted by molar-refractivity contribution is 7.17. The van der Waals surface area contributed by atoms with E-state index in [4.69, 9.17) is 4.74 Å². The van der Waals surface area contributed by atoms with Crippen LogP contribution in [-0.2, 0) is 0 Å². The summed E-state index contributed by atoms with van der Waals surface area (Å²) in [5.41, 5.74) is 4.52. The van der Waals surface area contributed by atoms with Crippen LogP contribution in [0.4, 0.5) is 0 Å². The van der Waals surface area contributed by atoms with E-state index < -0.39 is 0 Å². The molecule has 0 radical (unpaired) electrons. The quantitative estimate of drug-likeness (QED) is 0.536. The number of thiophene rings is 1. The van der Waals surface area contributed by atoms with E-state index in [1.165, 1.54) is 15.6 Å². The van der Waals surface area contributed by atoms with Crippen LogP contribution in [0.1, 0.15) is 18.5 Å². The highest BCUT2D eigenvalue weighted by Gasteiger charge is 2.15. The number of aromatic nitrogens is 1. The lowest BCUT2D eigenvalue weighted by Crippen LogP contribution is -2.11. The van der Waals surface area contributed by atoms with Crippen LogP contribution < -0.4 is 10.1 Å². The molecule has 0 amide bonds. The second-order valence-corrected chi connectivity index (χ2v) is 7.07. The topological polar surface area (TPSA) is 34.1 Å². The molecule has 0 aliphatic carbocycles. The Morgan fingerprint density at radius 1 is 1.08 bits per heavy atom. The van der Waals surface area contributed by atoms with Gasteiger partial charge in [0.25, 0.3) is 0 Å². The Kier molecular flexibility index (Phi) is 4.15. The fourth-order valence-electron chi connectivity index (χ4n) is 3.27. The standard InChI is InChI=1S/C21H20N2OS/c1-13(22-2)14-4-6-15(7-5-14)20-18(24-3)9-8-17-21(20)16-10-11-25-19(16)12-23-17/h4-13,22H,1-3H3/t13-/m0/s1. The minimum Gasteiger partial charge on any atom is -0.496 e. The summed E-state index contributed by atoms with van der Waals surface area (Å²) in [6, 6.07) is 15.2. The van der Waals surface area contributed by atoms with E-state index in [2.05, 4.69) is 52.9 Å². The average molecular weight is 348 g/mol. The van der Waals surface area contributed by atoms with Gasteiger partial charge in [0.15, 0.2) is 0 Å². The SMILES string of the molecule is CN[C@@H](C)c1ccc(-c2c(OC)ccc3ncc4sccc4c23)cc1. The van der Waals surface area contributed by atoms with Gasteiger partial charge in [0.2, 0.25) is 0 Å². The summed E-state index contributed by atoms with van der Waals surface area (Å²) in [4.78, 5) is 4.65. The van der Waals surface area contributed by atoms with Crippen molar-refractivity contribution >= 4 is 32.3 Å². The maximum atomic E-state index is 5.70. The summed E-state index contributed by atoms with van der Waals surface area (Å²) in [6.07, 6.45) is 1.95. The van der Waals surface area contributed by atoms with Crippen LogP contribution in [-0.4, -0.2) is 19.1 Å². The molecule has 3 nitrogen and oxygen atoms in total. The molecule has 2 aromatic carbocycles. The molecule has 1 atom stereocenters. The van der Waals surface area contributed by atoms with Crippen molar-refractivity contribution in [3.8, 4) is 16.9 Å².